The Morgan fingerprint density at radius 1 is 0.533 bits per heavy atom. The van der Waals surface area contributed by atoms with Gasteiger partial charge < -0.3 is 69.6 Å². The van der Waals surface area contributed by atoms with Gasteiger partial charge in [0.05, 0.1) is 11.9 Å². The van der Waals surface area contributed by atoms with E-state index in [9.17, 15) is 59.4 Å². The van der Waals surface area contributed by atoms with Gasteiger partial charge in [-0.05, 0) is 0 Å². The summed E-state index contributed by atoms with van der Waals surface area (Å²) in [5, 5.41) is 77.9. The van der Waals surface area contributed by atoms with E-state index in [1.54, 1.807) is 0 Å². The number of aliphatic hydroxyl groups is 2. The van der Waals surface area contributed by atoms with Crippen LogP contribution in [0.5, 0.6) is 0 Å². The largest absolute Gasteiger partial charge is 3.00 e. The molecule has 0 saturated carbocycles. The quantitative estimate of drug-likeness (QED) is 0.199. The Labute approximate surface area is 324 Å². The molecule has 0 bridgehead atoms. The first-order valence-electron chi connectivity index (χ1n) is 6.23. The molecule has 14 nitrogen and oxygen atoms in total. The molecular weight excluding hydrogens is 694 g/mol. The van der Waals surface area contributed by atoms with Gasteiger partial charge in [-0.15, -0.1) is 0 Å². The molecule has 0 heterocycles. The molecule has 18 heteroatoms. The van der Waals surface area contributed by atoms with Crippen molar-refractivity contribution in [2.45, 2.75) is 36.9 Å². The number of carboxylic acid groups (broad SMARTS) is 6. The molecule has 0 aliphatic carbocycles. The standard InChI is InChI=1S/2C6H8O7.Bi.3K.6H2/c2*7-3(8)1-6(13,5(11)12)2-4(9)10;;;;;;;;;;/h2*13H,1-2H2,(H,7,8)(H,9,10)(H,11,12);;;;;6*1H/q;;+3;3*+1;;;;;;/p-6. The SMILES string of the molecule is O=C([O-])CC(O)(CC(=O)[O-])C(=O)[O-].O=C([O-])CC(O)(CC(=O)[O-])C(=O)[O-].[Bi+3].[HH].[HH].[HH].[HH].[HH].[HH].[K+].[K+].[K+]. The van der Waals surface area contributed by atoms with Crippen molar-refractivity contribution in [1.82, 2.24) is 0 Å². The van der Waals surface area contributed by atoms with E-state index in [2.05, 4.69) is 0 Å². The third-order valence-corrected chi connectivity index (χ3v) is 2.51. The maximum Gasteiger partial charge on any atom is 3.00 e. The summed E-state index contributed by atoms with van der Waals surface area (Å²) in [5.41, 5.74) is -5.95. The second-order valence-electron chi connectivity index (χ2n) is 4.83. The van der Waals surface area contributed by atoms with Crippen LogP contribution < -0.4 is 185 Å². The summed E-state index contributed by atoms with van der Waals surface area (Å²) in [7, 11) is 0. The van der Waals surface area contributed by atoms with E-state index >= 15 is 0 Å². The molecule has 0 spiro atoms. The zero-order chi connectivity index (χ0) is 21.3. The van der Waals surface area contributed by atoms with Crippen molar-refractivity contribution in [2.75, 3.05) is 0 Å². The molecule has 0 aromatic carbocycles. The topological polar surface area (TPSA) is 281 Å². The molecule has 0 aromatic heterocycles. The summed E-state index contributed by atoms with van der Waals surface area (Å²) in [5.74, 6) is -12.0. The average molecular weight is 717 g/mol. The molecule has 0 fully saturated rings. The average Bonchev–Trinajstić information content (AvgIpc) is 2.34. The van der Waals surface area contributed by atoms with Gasteiger partial charge in [0.15, 0.2) is 0 Å². The molecule has 0 amide bonds. The van der Waals surface area contributed by atoms with Crippen molar-refractivity contribution in [1.29, 1.82) is 0 Å². The van der Waals surface area contributed by atoms with E-state index in [1.807, 2.05) is 0 Å². The van der Waals surface area contributed by atoms with Crippen LogP contribution in [0.1, 0.15) is 34.2 Å². The predicted molar refractivity (Wildman–Crippen MR) is 76.8 cm³/mol. The first-order valence-corrected chi connectivity index (χ1v) is 6.23. The van der Waals surface area contributed by atoms with E-state index < -0.39 is 72.7 Å². The van der Waals surface area contributed by atoms with Gasteiger partial charge in [0.2, 0.25) is 0 Å². The third-order valence-electron chi connectivity index (χ3n) is 2.51. The molecule has 0 aliphatic heterocycles. The molecule has 30 heavy (non-hydrogen) atoms. The van der Waals surface area contributed by atoms with Gasteiger partial charge in [-0.25, -0.2) is 0 Å². The number of carbonyl (C=O) groups excluding carboxylic acids is 6. The zero-order valence-electron chi connectivity index (χ0n) is 16.1. The second kappa shape index (κ2) is 22.0. The minimum absolute atomic E-state index is 0. The number of rotatable bonds is 10. The van der Waals surface area contributed by atoms with Crippen molar-refractivity contribution >= 4 is 62.0 Å². The molecule has 0 rings (SSSR count). The first kappa shape index (κ1) is 45.9. The van der Waals surface area contributed by atoms with Crippen LogP contribution in [0, 0.1) is 0 Å². The van der Waals surface area contributed by atoms with E-state index in [1.165, 1.54) is 0 Å². The normalized spacial score (nSPS) is 9.40. The van der Waals surface area contributed by atoms with Crippen molar-refractivity contribution in [3.63, 3.8) is 0 Å². The van der Waals surface area contributed by atoms with Gasteiger partial charge >= 0.3 is 180 Å². The Hall–Kier alpha value is 2.53. The van der Waals surface area contributed by atoms with E-state index in [0.717, 1.165) is 0 Å². The molecular formula is C12H22BiK3O14. The van der Waals surface area contributed by atoms with Gasteiger partial charge in [0.25, 0.3) is 0 Å². The van der Waals surface area contributed by atoms with Crippen LogP contribution in [0.4, 0.5) is 0 Å². The molecule has 0 unspecified atom stereocenters. The zero-order valence-corrected chi connectivity index (χ0v) is 28.9. The summed E-state index contributed by atoms with van der Waals surface area (Å²) in [6, 6.07) is 0. The summed E-state index contributed by atoms with van der Waals surface area (Å²) < 4.78 is 0. The minimum atomic E-state index is -2.97. The Morgan fingerprint density at radius 3 is 0.733 bits per heavy atom. The first-order chi connectivity index (χ1) is 11.6. The summed E-state index contributed by atoms with van der Waals surface area (Å²) in [6.45, 7) is 0. The van der Waals surface area contributed by atoms with Crippen molar-refractivity contribution in [2.24, 2.45) is 0 Å². The van der Waals surface area contributed by atoms with Crippen LogP contribution in [0.25, 0.3) is 0 Å². The maximum atomic E-state index is 10.1. The fourth-order valence-corrected chi connectivity index (χ4v) is 1.37. The number of aliphatic carboxylic acids is 6. The molecule has 2 N–H and O–H groups in total. The van der Waals surface area contributed by atoms with Crippen molar-refractivity contribution < 1.29 is 232 Å². The number of carbonyl (C=O) groups is 6. The van der Waals surface area contributed by atoms with Gasteiger partial charge in [-0.3, -0.25) is 0 Å². The molecule has 0 atom stereocenters. The number of carboxylic acids is 6. The molecule has 0 aliphatic rings. The predicted octanol–water partition coefficient (Wildman–Crippen LogP) is -18.4. The van der Waals surface area contributed by atoms with Gasteiger partial charge in [-0.1, -0.05) is 0 Å². The molecule has 0 aromatic rings. The Morgan fingerprint density at radius 2 is 0.667 bits per heavy atom. The number of hydrogen-bond acceptors (Lipinski definition) is 14. The van der Waals surface area contributed by atoms with E-state index in [-0.39, 0.29) is 189 Å². The van der Waals surface area contributed by atoms with Gasteiger partial charge in [0, 0.05) is 58.1 Å². The van der Waals surface area contributed by atoms with Crippen LogP contribution in [-0.2, 0) is 28.8 Å². The smallest absolute Gasteiger partial charge is 0.550 e. The fraction of sp³-hybridized carbons (Fsp3) is 0.500. The second-order valence-corrected chi connectivity index (χ2v) is 4.83. The molecule has 162 valence electrons. The molecule has 0 saturated heterocycles. The van der Waals surface area contributed by atoms with Crippen molar-refractivity contribution in [3.8, 4) is 0 Å². The van der Waals surface area contributed by atoms with E-state index in [4.69, 9.17) is 10.2 Å². The fourth-order valence-electron chi connectivity index (χ4n) is 1.37. The minimum Gasteiger partial charge on any atom is -0.550 e. The third kappa shape index (κ3) is 22.3. The summed E-state index contributed by atoms with van der Waals surface area (Å²) in [4.78, 5) is 60.0. The van der Waals surface area contributed by atoms with Crippen molar-refractivity contribution in [3.05, 3.63) is 0 Å². The van der Waals surface area contributed by atoms with E-state index in [0.29, 0.717) is 0 Å². The van der Waals surface area contributed by atoms with Crippen LogP contribution in [0.2, 0.25) is 0 Å². The summed E-state index contributed by atoms with van der Waals surface area (Å²) >= 11 is 0. The monoisotopic (exact) mass is 716 g/mol. The van der Waals surface area contributed by atoms with Crippen LogP contribution in [-0.4, -0.2) is 83.4 Å². The Bertz CT molecular complexity index is 550. The van der Waals surface area contributed by atoms with Gasteiger partial charge in [0.1, 0.15) is 11.2 Å². The van der Waals surface area contributed by atoms with Gasteiger partial charge in [-0.2, -0.15) is 0 Å². The Kier molecular flexibility index (Phi) is 33.7. The van der Waals surface area contributed by atoms with Crippen LogP contribution >= 0.6 is 0 Å². The molecule has 2 radical (unpaired) electrons. The maximum absolute atomic E-state index is 10.1. The Balaban J connectivity index is -0.0000000250. The van der Waals surface area contributed by atoms with Crippen LogP contribution in [0.15, 0.2) is 0 Å². The summed E-state index contributed by atoms with van der Waals surface area (Å²) in [6.07, 6.45) is -5.43. The van der Waals surface area contributed by atoms with Crippen LogP contribution in [0.3, 0.4) is 0 Å². The number of hydrogen-bond donors (Lipinski definition) is 2.